The summed E-state index contributed by atoms with van der Waals surface area (Å²) < 4.78 is 5.41. The molecule has 0 aromatic rings. The van der Waals surface area contributed by atoms with Crippen molar-refractivity contribution in [3.63, 3.8) is 0 Å². The van der Waals surface area contributed by atoms with E-state index in [2.05, 4.69) is 6.07 Å². The van der Waals surface area contributed by atoms with Crippen LogP contribution in [0.3, 0.4) is 0 Å². The molecule has 3 unspecified atom stereocenters. The maximum absolute atomic E-state index is 9.20. The van der Waals surface area contributed by atoms with Gasteiger partial charge in [0.2, 0.25) is 0 Å². The van der Waals surface area contributed by atoms with Crippen molar-refractivity contribution in [3.05, 3.63) is 0 Å². The lowest BCUT2D eigenvalue weighted by Gasteiger charge is -2.28. The van der Waals surface area contributed by atoms with Crippen molar-refractivity contribution in [2.45, 2.75) is 52.9 Å². The van der Waals surface area contributed by atoms with E-state index in [1.54, 1.807) is 13.8 Å². The molecule has 0 saturated carbocycles. The van der Waals surface area contributed by atoms with Crippen molar-refractivity contribution in [1.82, 2.24) is 0 Å². The molecular weight excluding hydrogens is 166 g/mol. The topological polar surface area (TPSA) is 53.2 Å². The van der Waals surface area contributed by atoms with E-state index in [1.165, 1.54) is 0 Å². The van der Waals surface area contributed by atoms with Crippen LogP contribution < -0.4 is 0 Å². The Morgan fingerprint density at radius 3 is 2.00 bits per heavy atom. The minimum absolute atomic E-state index is 0.210. The molecule has 0 heterocycles. The molecule has 3 atom stereocenters. The summed E-state index contributed by atoms with van der Waals surface area (Å²) in [5, 5.41) is 18.0. The van der Waals surface area contributed by atoms with Crippen LogP contribution in [0.4, 0.5) is 0 Å². The van der Waals surface area contributed by atoms with Gasteiger partial charge in [0.15, 0.2) is 0 Å². The lowest BCUT2D eigenvalue weighted by Crippen LogP contribution is -2.35. The quantitative estimate of drug-likeness (QED) is 0.728. The van der Waals surface area contributed by atoms with Crippen LogP contribution in [0.2, 0.25) is 0 Å². The van der Waals surface area contributed by atoms with E-state index in [4.69, 9.17) is 10.00 Å². The van der Waals surface area contributed by atoms with E-state index >= 15 is 0 Å². The number of aliphatic hydroxyl groups is 1. The third kappa shape index (κ3) is 4.25. The Kier molecular flexibility index (Phi) is 4.38. The molecule has 0 fully saturated rings. The average Bonchev–Trinajstić information content (AvgIpc) is 1.96. The highest BCUT2D eigenvalue weighted by molar-refractivity contribution is 4.93. The zero-order chi connectivity index (χ0) is 10.6. The molecule has 0 amide bonds. The molecule has 0 aliphatic carbocycles. The van der Waals surface area contributed by atoms with Crippen LogP contribution in [0.15, 0.2) is 0 Å². The third-order valence-corrected chi connectivity index (χ3v) is 1.93. The van der Waals surface area contributed by atoms with Gasteiger partial charge in [0.1, 0.15) is 6.10 Å². The Hall–Kier alpha value is -0.590. The number of hydrogen-bond acceptors (Lipinski definition) is 3. The fourth-order valence-corrected chi connectivity index (χ4v) is 0.757. The summed E-state index contributed by atoms with van der Waals surface area (Å²) in [7, 11) is 0. The molecule has 3 heteroatoms. The molecule has 0 aliphatic rings. The van der Waals surface area contributed by atoms with Crippen LogP contribution >= 0.6 is 0 Å². The molecule has 3 nitrogen and oxygen atoms in total. The minimum Gasteiger partial charge on any atom is -0.391 e. The van der Waals surface area contributed by atoms with Gasteiger partial charge in [-0.3, -0.25) is 0 Å². The van der Waals surface area contributed by atoms with Gasteiger partial charge in [-0.05, 0) is 13.8 Å². The van der Waals surface area contributed by atoms with Crippen LogP contribution in [-0.2, 0) is 4.74 Å². The molecule has 0 aliphatic heterocycles. The van der Waals surface area contributed by atoms with Crippen molar-refractivity contribution >= 4 is 0 Å². The summed E-state index contributed by atoms with van der Waals surface area (Å²) in [5.41, 5.74) is -0.210. The summed E-state index contributed by atoms with van der Waals surface area (Å²) in [4.78, 5) is 0. The van der Waals surface area contributed by atoms with Gasteiger partial charge in [-0.1, -0.05) is 20.8 Å². The summed E-state index contributed by atoms with van der Waals surface area (Å²) in [5.74, 6) is 0. The molecule has 0 aromatic heterocycles. The molecule has 0 spiro atoms. The highest BCUT2D eigenvalue weighted by Gasteiger charge is 2.27. The van der Waals surface area contributed by atoms with Gasteiger partial charge < -0.3 is 9.84 Å². The van der Waals surface area contributed by atoms with Gasteiger partial charge in [0.25, 0.3) is 0 Å². The predicted octanol–water partition coefficient (Wildman–Crippen LogP) is 1.71. The Morgan fingerprint density at radius 1 is 1.31 bits per heavy atom. The fraction of sp³-hybridized carbons (Fsp3) is 0.900. The van der Waals surface area contributed by atoms with Crippen molar-refractivity contribution in [3.8, 4) is 6.07 Å². The molecule has 0 rings (SSSR count). The first-order valence-electron chi connectivity index (χ1n) is 4.52. The highest BCUT2D eigenvalue weighted by atomic mass is 16.5. The molecule has 0 bridgehead atoms. The van der Waals surface area contributed by atoms with Crippen LogP contribution in [0.25, 0.3) is 0 Å². The number of rotatable bonds is 3. The van der Waals surface area contributed by atoms with Gasteiger partial charge in [0.05, 0.1) is 18.3 Å². The van der Waals surface area contributed by atoms with E-state index in [0.717, 1.165) is 0 Å². The molecule has 76 valence electrons. The van der Waals surface area contributed by atoms with Gasteiger partial charge in [-0.2, -0.15) is 5.26 Å². The molecule has 1 N–H and O–H groups in total. The molecular formula is C10H19NO2. The normalized spacial score (nSPS) is 18.8. The fourth-order valence-electron chi connectivity index (χ4n) is 0.757. The largest absolute Gasteiger partial charge is 0.391 e. The second-order valence-corrected chi connectivity index (χ2v) is 4.46. The van der Waals surface area contributed by atoms with Gasteiger partial charge in [-0.15, -0.1) is 0 Å². The van der Waals surface area contributed by atoms with Gasteiger partial charge in [0, 0.05) is 5.41 Å². The van der Waals surface area contributed by atoms with Crippen molar-refractivity contribution in [2.75, 3.05) is 0 Å². The number of ether oxygens (including phenoxy) is 1. The summed E-state index contributed by atoms with van der Waals surface area (Å²) in [6, 6.07) is 2.09. The summed E-state index contributed by atoms with van der Waals surface area (Å²) in [6.07, 6.45) is -1.32. The van der Waals surface area contributed by atoms with Crippen molar-refractivity contribution in [2.24, 2.45) is 5.41 Å². The first-order chi connectivity index (χ1) is 5.79. The lowest BCUT2D eigenvalue weighted by molar-refractivity contribution is -0.0747. The first kappa shape index (κ1) is 12.4. The van der Waals surface area contributed by atoms with E-state index < -0.39 is 12.2 Å². The van der Waals surface area contributed by atoms with Crippen LogP contribution in [0.1, 0.15) is 34.6 Å². The van der Waals surface area contributed by atoms with Crippen LogP contribution in [0.5, 0.6) is 0 Å². The Bertz CT molecular complexity index is 188. The molecule has 13 heavy (non-hydrogen) atoms. The first-order valence-corrected chi connectivity index (χ1v) is 4.52. The SMILES string of the molecule is CC(O)C(C)OC(C#N)C(C)(C)C. The molecule has 0 aromatic carbocycles. The second kappa shape index (κ2) is 4.59. The zero-order valence-electron chi connectivity index (χ0n) is 9.03. The summed E-state index contributed by atoms with van der Waals surface area (Å²) in [6.45, 7) is 9.24. The van der Waals surface area contributed by atoms with E-state index in [9.17, 15) is 5.11 Å². The number of hydrogen-bond donors (Lipinski definition) is 1. The molecule has 0 saturated heterocycles. The van der Waals surface area contributed by atoms with E-state index in [0.29, 0.717) is 0 Å². The second-order valence-electron chi connectivity index (χ2n) is 4.46. The highest BCUT2D eigenvalue weighted by Crippen LogP contribution is 2.23. The third-order valence-electron chi connectivity index (χ3n) is 1.93. The summed E-state index contributed by atoms with van der Waals surface area (Å²) >= 11 is 0. The van der Waals surface area contributed by atoms with Crippen molar-refractivity contribution in [1.29, 1.82) is 5.26 Å². The zero-order valence-corrected chi connectivity index (χ0v) is 9.03. The number of nitriles is 1. The Morgan fingerprint density at radius 2 is 1.77 bits per heavy atom. The van der Waals surface area contributed by atoms with Crippen LogP contribution in [-0.4, -0.2) is 23.4 Å². The average molecular weight is 185 g/mol. The monoisotopic (exact) mass is 185 g/mol. The van der Waals surface area contributed by atoms with E-state index in [-0.39, 0.29) is 11.5 Å². The lowest BCUT2D eigenvalue weighted by atomic mass is 9.90. The minimum atomic E-state index is -0.543. The van der Waals surface area contributed by atoms with Crippen molar-refractivity contribution < 1.29 is 9.84 Å². The number of nitrogens with zero attached hydrogens (tertiary/aromatic N) is 1. The maximum atomic E-state index is 9.20. The molecule has 0 radical (unpaired) electrons. The predicted molar refractivity (Wildman–Crippen MR) is 51.1 cm³/mol. The van der Waals surface area contributed by atoms with Crippen LogP contribution in [0, 0.1) is 16.7 Å². The smallest absolute Gasteiger partial charge is 0.149 e. The number of aliphatic hydroxyl groups excluding tert-OH is 1. The Balaban J connectivity index is 4.25. The van der Waals surface area contributed by atoms with Gasteiger partial charge >= 0.3 is 0 Å². The standard InChI is InChI=1S/C10H19NO2/c1-7(12)8(2)13-9(6-11)10(3,4)5/h7-9,12H,1-5H3. The Labute approximate surface area is 80.3 Å². The van der Waals surface area contributed by atoms with E-state index in [1.807, 2.05) is 20.8 Å². The van der Waals surface area contributed by atoms with Gasteiger partial charge in [-0.25, -0.2) is 0 Å². The maximum Gasteiger partial charge on any atom is 0.149 e.